The number of carbonyl (C=O) groups excluding carboxylic acids is 2. The first-order valence-electron chi connectivity index (χ1n) is 10.3. The molecule has 4 rings (SSSR count). The zero-order chi connectivity index (χ0) is 22.1. The molecule has 0 saturated heterocycles. The van der Waals surface area contributed by atoms with E-state index < -0.39 is 0 Å². The summed E-state index contributed by atoms with van der Waals surface area (Å²) in [6.45, 7) is 3.50. The Morgan fingerprint density at radius 3 is 2.84 bits per heavy atom. The highest BCUT2D eigenvalue weighted by molar-refractivity contribution is 6.08. The van der Waals surface area contributed by atoms with E-state index in [0.29, 0.717) is 41.8 Å². The number of pyridine rings is 1. The van der Waals surface area contributed by atoms with Crippen molar-refractivity contribution in [2.75, 3.05) is 5.32 Å². The molecule has 0 bridgehead atoms. The Morgan fingerprint density at radius 2 is 2.13 bits per heavy atom. The van der Waals surface area contributed by atoms with Gasteiger partial charge in [0.05, 0.1) is 5.56 Å². The first kappa shape index (κ1) is 20.8. The maximum Gasteiger partial charge on any atom is 0.272 e. The van der Waals surface area contributed by atoms with E-state index in [-0.39, 0.29) is 23.7 Å². The fourth-order valence-electron chi connectivity index (χ4n) is 4.23. The van der Waals surface area contributed by atoms with Crippen LogP contribution in [0.3, 0.4) is 0 Å². The minimum absolute atomic E-state index is 0.0375. The number of aromatic nitrogens is 2. The van der Waals surface area contributed by atoms with E-state index in [1.54, 1.807) is 37.0 Å². The van der Waals surface area contributed by atoms with Gasteiger partial charge in [-0.2, -0.15) is 0 Å². The largest absolute Gasteiger partial charge is 0.349 e. The van der Waals surface area contributed by atoms with Gasteiger partial charge < -0.3 is 15.2 Å². The molecule has 2 amide bonds. The van der Waals surface area contributed by atoms with Gasteiger partial charge in [-0.1, -0.05) is 6.07 Å². The van der Waals surface area contributed by atoms with E-state index in [9.17, 15) is 14.0 Å². The second kappa shape index (κ2) is 8.34. The molecular formula is C24H25FN4O2. The molecule has 6 nitrogen and oxygen atoms in total. The van der Waals surface area contributed by atoms with Crippen molar-refractivity contribution in [1.29, 1.82) is 0 Å². The van der Waals surface area contributed by atoms with E-state index in [2.05, 4.69) is 15.6 Å². The van der Waals surface area contributed by atoms with Crippen LogP contribution >= 0.6 is 0 Å². The number of halogens is 1. The van der Waals surface area contributed by atoms with E-state index in [0.717, 1.165) is 16.8 Å². The number of anilines is 1. The van der Waals surface area contributed by atoms with Gasteiger partial charge >= 0.3 is 0 Å². The molecule has 7 heteroatoms. The number of nitrogens with one attached hydrogen (secondary N) is 2. The number of hydrogen-bond acceptors (Lipinski definition) is 3. The van der Waals surface area contributed by atoms with Crippen LogP contribution in [0.5, 0.6) is 0 Å². The maximum absolute atomic E-state index is 13.6. The van der Waals surface area contributed by atoms with Gasteiger partial charge in [-0.15, -0.1) is 0 Å². The van der Waals surface area contributed by atoms with Crippen LogP contribution in [-0.2, 0) is 19.9 Å². The van der Waals surface area contributed by atoms with Gasteiger partial charge in [0, 0.05) is 36.9 Å². The number of nitrogens with zero attached hydrogens (tertiary/aromatic N) is 2. The van der Waals surface area contributed by atoms with E-state index in [1.807, 2.05) is 19.1 Å². The van der Waals surface area contributed by atoms with Crippen molar-refractivity contribution in [3.8, 4) is 0 Å². The predicted octanol–water partition coefficient (Wildman–Crippen LogP) is 3.72. The third kappa shape index (κ3) is 4.08. The number of aryl methyl sites for hydroxylation is 1. The minimum atomic E-state index is -0.321. The number of benzene rings is 1. The number of amides is 2. The van der Waals surface area contributed by atoms with Crippen molar-refractivity contribution in [3.05, 3.63) is 82.2 Å². The Labute approximate surface area is 180 Å². The topological polar surface area (TPSA) is 76.0 Å². The van der Waals surface area contributed by atoms with Gasteiger partial charge in [0.25, 0.3) is 11.8 Å². The average molecular weight is 420 g/mol. The first-order chi connectivity index (χ1) is 14.8. The summed E-state index contributed by atoms with van der Waals surface area (Å²) in [5.74, 6) is -0.791. The Bertz CT molecular complexity index is 1150. The molecule has 3 aromatic rings. The van der Waals surface area contributed by atoms with Crippen molar-refractivity contribution in [1.82, 2.24) is 14.9 Å². The summed E-state index contributed by atoms with van der Waals surface area (Å²) in [5.41, 5.74) is 4.56. The lowest BCUT2D eigenvalue weighted by Gasteiger charge is -2.16. The Morgan fingerprint density at radius 1 is 1.32 bits per heavy atom. The van der Waals surface area contributed by atoms with E-state index in [4.69, 9.17) is 0 Å². The van der Waals surface area contributed by atoms with Crippen molar-refractivity contribution in [2.24, 2.45) is 7.05 Å². The summed E-state index contributed by atoms with van der Waals surface area (Å²) >= 11 is 0. The molecule has 0 aliphatic carbocycles. The number of fused-ring (bicyclic) bond motifs is 1. The SMILES string of the molecule is Cc1cc(NC(=O)c2c3c(c(C)n2C)C(=O)N[C@H](Cc2cccnc2)CC3)ccc1F. The molecule has 31 heavy (non-hydrogen) atoms. The third-order valence-corrected chi connectivity index (χ3v) is 5.93. The quantitative estimate of drug-likeness (QED) is 0.676. The molecule has 0 unspecified atom stereocenters. The summed E-state index contributed by atoms with van der Waals surface area (Å²) in [5, 5.41) is 5.96. The molecule has 2 N–H and O–H groups in total. The molecule has 1 aliphatic rings. The summed E-state index contributed by atoms with van der Waals surface area (Å²) in [7, 11) is 1.79. The van der Waals surface area contributed by atoms with Gasteiger partial charge in [0.2, 0.25) is 0 Å². The van der Waals surface area contributed by atoms with Gasteiger partial charge in [0.1, 0.15) is 11.5 Å². The monoisotopic (exact) mass is 420 g/mol. The lowest BCUT2D eigenvalue weighted by molar-refractivity contribution is 0.0938. The van der Waals surface area contributed by atoms with Gasteiger partial charge in [0.15, 0.2) is 0 Å². The molecule has 0 radical (unpaired) electrons. The summed E-state index contributed by atoms with van der Waals surface area (Å²) in [6, 6.07) is 8.30. The normalized spacial score (nSPS) is 15.7. The molecule has 1 atom stereocenters. The maximum atomic E-state index is 13.6. The van der Waals surface area contributed by atoms with Crippen LogP contribution in [0.4, 0.5) is 10.1 Å². The average Bonchev–Trinajstić information content (AvgIpc) is 2.88. The molecule has 3 heterocycles. The molecule has 0 saturated carbocycles. The molecule has 2 aromatic heterocycles. The second-order valence-corrected chi connectivity index (χ2v) is 8.04. The van der Waals surface area contributed by atoms with Crippen LogP contribution < -0.4 is 10.6 Å². The Balaban J connectivity index is 1.61. The lowest BCUT2D eigenvalue weighted by Crippen LogP contribution is -2.35. The van der Waals surface area contributed by atoms with Crippen LogP contribution in [0.2, 0.25) is 0 Å². The number of hydrogen-bond donors (Lipinski definition) is 2. The van der Waals surface area contributed by atoms with Crippen molar-refractivity contribution in [2.45, 2.75) is 39.2 Å². The van der Waals surface area contributed by atoms with Crippen molar-refractivity contribution < 1.29 is 14.0 Å². The van der Waals surface area contributed by atoms with Crippen LogP contribution in [0.25, 0.3) is 0 Å². The minimum Gasteiger partial charge on any atom is -0.349 e. The van der Waals surface area contributed by atoms with Crippen molar-refractivity contribution in [3.63, 3.8) is 0 Å². The highest BCUT2D eigenvalue weighted by Gasteiger charge is 2.31. The Hall–Kier alpha value is -3.48. The molecule has 1 aromatic carbocycles. The fraction of sp³-hybridized carbons (Fsp3) is 0.292. The Kier molecular flexibility index (Phi) is 5.59. The van der Waals surface area contributed by atoms with Crippen LogP contribution in [-0.4, -0.2) is 27.4 Å². The van der Waals surface area contributed by atoms with Crippen LogP contribution in [0.15, 0.2) is 42.7 Å². The number of rotatable bonds is 4. The van der Waals surface area contributed by atoms with E-state index >= 15 is 0 Å². The fourth-order valence-corrected chi connectivity index (χ4v) is 4.23. The van der Waals surface area contributed by atoms with Gasteiger partial charge in [-0.25, -0.2) is 4.39 Å². The predicted molar refractivity (Wildman–Crippen MR) is 117 cm³/mol. The van der Waals surface area contributed by atoms with Crippen LogP contribution in [0, 0.1) is 19.7 Å². The standard InChI is InChI=1S/C24H25FN4O2/c1-14-11-17(7-9-20(14)25)28-24(31)22-19-8-6-18(12-16-5-4-10-26-13-16)27-23(30)21(19)15(2)29(22)3/h4-5,7,9-11,13,18H,6,8,12H2,1-3H3,(H,27,30)(H,28,31)/t18-/m0/s1. The zero-order valence-corrected chi connectivity index (χ0v) is 17.8. The molecule has 160 valence electrons. The van der Waals surface area contributed by atoms with E-state index in [1.165, 1.54) is 12.1 Å². The smallest absolute Gasteiger partial charge is 0.272 e. The zero-order valence-electron chi connectivity index (χ0n) is 17.8. The third-order valence-electron chi connectivity index (χ3n) is 5.93. The highest BCUT2D eigenvalue weighted by atomic mass is 19.1. The van der Waals surface area contributed by atoms with Gasteiger partial charge in [-0.05, 0) is 74.1 Å². The van der Waals surface area contributed by atoms with Gasteiger partial charge in [-0.3, -0.25) is 14.6 Å². The summed E-state index contributed by atoms with van der Waals surface area (Å²) in [6.07, 6.45) is 5.53. The van der Waals surface area contributed by atoms with Crippen LogP contribution in [0.1, 0.15) is 49.7 Å². The van der Waals surface area contributed by atoms with Crippen molar-refractivity contribution >= 4 is 17.5 Å². The lowest BCUT2D eigenvalue weighted by atomic mass is 10.00. The summed E-state index contributed by atoms with van der Waals surface area (Å²) in [4.78, 5) is 30.3. The molecule has 0 spiro atoms. The number of carbonyl (C=O) groups is 2. The summed E-state index contributed by atoms with van der Waals surface area (Å²) < 4.78 is 15.3. The molecular weight excluding hydrogens is 395 g/mol. The molecule has 1 aliphatic heterocycles. The first-order valence-corrected chi connectivity index (χ1v) is 10.3. The second-order valence-electron chi connectivity index (χ2n) is 8.04. The molecule has 0 fully saturated rings. The highest BCUT2D eigenvalue weighted by Crippen LogP contribution is 2.28.